The van der Waals surface area contributed by atoms with Crippen molar-refractivity contribution >= 4 is 5.97 Å². The van der Waals surface area contributed by atoms with Crippen LogP contribution in [0.5, 0.6) is 0 Å². The number of esters is 1. The van der Waals surface area contributed by atoms with E-state index in [1.165, 1.54) is 45.7 Å². The van der Waals surface area contributed by atoms with Crippen molar-refractivity contribution in [1.82, 2.24) is 4.90 Å². The third kappa shape index (κ3) is 2.08. The molecular weight excluding hydrogens is 178 g/mol. The fourth-order valence-electron chi connectivity index (χ4n) is 2.77. The molecule has 80 valence electrons. The molecule has 0 aromatic heterocycles. The van der Waals surface area contributed by atoms with Crippen LogP contribution in [-0.4, -0.2) is 36.6 Å². The highest BCUT2D eigenvalue weighted by Crippen LogP contribution is 2.31. The second-order valence-corrected chi connectivity index (χ2v) is 4.45. The van der Waals surface area contributed by atoms with Gasteiger partial charge in [0.05, 0.1) is 6.61 Å². The molecule has 0 N–H and O–H groups in total. The van der Waals surface area contributed by atoms with Crippen LogP contribution >= 0.6 is 0 Å². The second kappa shape index (κ2) is 4.30. The highest BCUT2D eigenvalue weighted by atomic mass is 16.5. The predicted octanol–water partition coefficient (Wildman–Crippen LogP) is 1.42. The lowest BCUT2D eigenvalue weighted by Gasteiger charge is -2.32. The van der Waals surface area contributed by atoms with Crippen molar-refractivity contribution in [2.45, 2.75) is 38.6 Å². The van der Waals surface area contributed by atoms with Crippen LogP contribution in [0.2, 0.25) is 0 Å². The van der Waals surface area contributed by atoms with Gasteiger partial charge in [-0.3, -0.25) is 9.69 Å². The first kappa shape index (κ1) is 9.97. The predicted molar refractivity (Wildman–Crippen MR) is 54.0 cm³/mol. The molecule has 2 heterocycles. The third-order valence-electron chi connectivity index (χ3n) is 3.50. The maximum absolute atomic E-state index is 10.7. The van der Waals surface area contributed by atoms with Gasteiger partial charge >= 0.3 is 5.97 Å². The molecule has 14 heavy (non-hydrogen) atoms. The fourth-order valence-corrected chi connectivity index (χ4v) is 2.77. The summed E-state index contributed by atoms with van der Waals surface area (Å²) in [6, 6.07) is 0.697. The molecule has 0 spiro atoms. The minimum absolute atomic E-state index is 0.140. The molecular formula is C11H19NO2. The average Bonchev–Trinajstić information content (AvgIpc) is 2.58. The van der Waals surface area contributed by atoms with Crippen molar-refractivity contribution in [3.63, 3.8) is 0 Å². The quantitative estimate of drug-likeness (QED) is 0.627. The molecule has 2 aliphatic heterocycles. The Morgan fingerprint density at radius 1 is 1.36 bits per heavy atom. The van der Waals surface area contributed by atoms with Crippen LogP contribution in [0, 0.1) is 5.92 Å². The van der Waals surface area contributed by atoms with Gasteiger partial charge in [-0.25, -0.2) is 0 Å². The van der Waals surface area contributed by atoms with E-state index < -0.39 is 0 Å². The zero-order valence-corrected chi connectivity index (χ0v) is 8.87. The van der Waals surface area contributed by atoms with E-state index in [1.807, 2.05) is 0 Å². The maximum Gasteiger partial charge on any atom is 0.302 e. The smallest absolute Gasteiger partial charge is 0.302 e. The summed E-state index contributed by atoms with van der Waals surface area (Å²) in [7, 11) is 0. The van der Waals surface area contributed by atoms with Crippen LogP contribution in [0.15, 0.2) is 0 Å². The summed E-state index contributed by atoms with van der Waals surface area (Å²) < 4.78 is 5.11. The van der Waals surface area contributed by atoms with E-state index in [0.29, 0.717) is 18.6 Å². The molecule has 0 bridgehead atoms. The molecule has 0 aromatic carbocycles. The molecule has 0 unspecified atom stereocenters. The molecule has 0 aliphatic carbocycles. The van der Waals surface area contributed by atoms with E-state index >= 15 is 0 Å². The Morgan fingerprint density at radius 3 is 3.00 bits per heavy atom. The largest absolute Gasteiger partial charge is 0.466 e. The zero-order valence-electron chi connectivity index (χ0n) is 8.87. The number of piperidine rings is 1. The summed E-state index contributed by atoms with van der Waals surface area (Å²) in [5.74, 6) is 0.457. The minimum atomic E-state index is -0.140. The first-order valence-electron chi connectivity index (χ1n) is 5.65. The summed E-state index contributed by atoms with van der Waals surface area (Å²) in [6.45, 7) is 4.59. The van der Waals surface area contributed by atoms with Crippen molar-refractivity contribution in [3.8, 4) is 0 Å². The van der Waals surface area contributed by atoms with E-state index in [-0.39, 0.29) is 5.97 Å². The van der Waals surface area contributed by atoms with Crippen molar-refractivity contribution in [3.05, 3.63) is 0 Å². The monoisotopic (exact) mass is 197 g/mol. The van der Waals surface area contributed by atoms with Gasteiger partial charge in [-0.05, 0) is 32.4 Å². The first-order chi connectivity index (χ1) is 6.77. The van der Waals surface area contributed by atoms with E-state index in [9.17, 15) is 4.79 Å². The van der Waals surface area contributed by atoms with Crippen molar-refractivity contribution in [2.24, 2.45) is 5.92 Å². The van der Waals surface area contributed by atoms with Crippen molar-refractivity contribution < 1.29 is 9.53 Å². The van der Waals surface area contributed by atoms with Gasteiger partial charge in [-0.2, -0.15) is 0 Å². The minimum Gasteiger partial charge on any atom is -0.466 e. The number of ether oxygens (including phenoxy) is 1. The van der Waals surface area contributed by atoms with Gasteiger partial charge in [-0.15, -0.1) is 0 Å². The van der Waals surface area contributed by atoms with Crippen molar-refractivity contribution in [1.29, 1.82) is 0 Å². The standard InChI is InChI=1S/C11H19NO2/c1-9(13)14-8-10-5-7-12-6-3-2-4-11(10)12/h10-11H,2-8H2,1H3/t10-,11-/m0/s1. The Labute approximate surface area is 85.4 Å². The van der Waals surface area contributed by atoms with Crippen LogP contribution in [0.3, 0.4) is 0 Å². The van der Waals surface area contributed by atoms with Gasteiger partial charge in [0.1, 0.15) is 0 Å². The molecule has 3 nitrogen and oxygen atoms in total. The molecule has 0 radical (unpaired) electrons. The first-order valence-corrected chi connectivity index (χ1v) is 5.65. The average molecular weight is 197 g/mol. The Morgan fingerprint density at radius 2 is 2.21 bits per heavy atom. The number of carbonyl (C=O) groups is 1. The molecule has 2 saturated heterocycles. The number of fused-ring (bicyclic) bond motifs is 1. The summed E-state index contributed by atoms with van der Waals surface area (Å²) in [5.41, 5.74) is 0. The lowest BCUT2D eigenvalue weighted by molar-refractivity contribution is -0.142. The number of nitrogens with zero attached hydrogens (tertiary/aromatic N) is 1. The van der Waals surface area contributed by atoms with Crippen LogP contribution < -0.4 is 0 Å². The zero-order chi connectivity index (χ0) is 9.97. The van der Waals surface area contributed by atoms with Gasteiger partial charge in [-0.1, -0.05) is 6.42 Å². The number of rotatable bonds is 2. The summed E-state index contributed by atoms with van der Waals surface area (Å²) in [5, 5.41) is 0. The molecule has 0 saturated carbocycles. The van der Waals surface area contributed by atoms with E-state index in [0.717, 1.165) is 0 Å². The Bertz CT molecular complexity index is 217. The Hall–Kier alpha value is -0.570. The van der Waals surface area contributed by atoms with Gasteiger partial charge in [0, 0.05) is 18.9 Å². The third-order valence-corrected chi connectivity index (χ3v) is 3.50. The molecule has 2 atom stereocenters. The molecule has 0 amide bonds. The molecule has 2 rings (SSSR count). The van der Waals surface area contributed by atoms with Gasteiger partial charge < -0.3 is 4.74 Å². The second-order valence-electron chi connectivity index (χ2n) is 4.45. The van der Waals surface area contributed by atoms with Crippen LogP contribution in [-0.2, 0) is 9.53 Å². The highest BCUT2D eigenvalue weighted by molar-refractivity contribution is 5.65. The summed E-state index contributed by atoms with van der Waals surface area (Å²) in [6.07, 6.45) is 5.19. The van der Waals surface area contributed by atoms with Crippen LogP contribution in [0.25, 0.3) is 0 Å². The molecule has 2 aliphatic rings. The molecule has 0 aromatic rings. The van der Waals surface area contributed by atoms with Gasteiger partial charge in [0.2, 0.25) is 0 Å². The molecule has 3 heteroatoms. The fraction of sp³-hybridized carbons (Fsp3) is 0.909. The van der Waals surface area contributed by atoms with Crippen LogP contribution in [0.1, 0.15) is 32.6 Å². The lowest BCUT2D eigenvalue weighted by Crippen LogP contribution is -2.38. The Balaban J connectivity index is 1.84. The molecule has 2 fully saturated rings. The van der Waals surface area contributed by atoms with Crippen LogP contribution in [0.4, 0.5) is 0 Å². The SMILES string of the molecule is CC(=O)OC[C@@H]1CCN2CCCC[C@@H]12. The maximum atomic E-state index is 10.7. The summed E-state index contributed by atoms with van der Waals surface area (Å²) >= 11 is 0. The van der Waals surface area contributed by atoms with Crippen molar-refractivity contribution in [2.75, 3.05) is 19.7 Å². The van der Waals surface area contributed by atoms with E-state index in [4.69, 9.17) is 4.74 Å². The number of hydrogen-bond acceptors (Lipinski definition) is 3. The van der Waals surface area contributed by atoms with Gasteiger partial charge in [0.25, 0.3) is 0 Å². The lowest BCUT2D eigenvalue weighted by atomic mass is 9.94. The number of hydrogen-bond donors (Lipinski definition) is 0. The van der Waals surface area contributed by atoms with E-state index in [1.54, 1.807) is 0 Å². The summed E-state index contributed by atoms with van der Waals surface area (Å²) in [4.78, 5) is 13.3. The Kier molecular flexibility index (Phi) is 3.06. The van der Waals surface area contributed by atoms with E-state index in [2.05, 4.69) is 4.90 Å². The topological polar surface area (TPSA) is 29.5 Å². The number of carbonyl (C=O) groups excluding carboxylic acids is 1. The van der Waals surface area contributed by atoms with Gasteiger partial charge in [0.15, 0.2) is 0 Å². The highest BCUT2D eigenvalue weighted by Gasteiger charge is 2.35. The normalized spacial score (nSPS) is 32.6.